The van der Waals surface area contributed by atoms with Crippen molar-refractivity contribution in [1.29, 1.82) is 0 Å². The van der Waals surface area contributed by atoms with Crippen molar-refractivity contribution in [1.82, 2.24) is 4.90 Å². The fourth-order valence-electron chi connectivity index (χ4n) is 4.26. The summed E-state index contributed by atoms with van der Waals surface area (Å²) in [6.07, 6.45) is 2.20. The molecule has 1 unspecified atom stereocenters. The number of piperidine rings is 1. The summed E-state index contributed by atoms with van der Waals surface area (Å²) in [5, 5.41) is -0.0337. The van der Waals surface area contributed by atoms with Gasteiger partial charge in [0.05, 0.1) is 17.5 Å². The van der Waals surface area contributed by atoms with Crippen molar-refractivity contribution in [3.63, 3.8) is 0 Å². The van der Waals surface area contributed by atoms with Crippen LogP contribution in [-0.4, -0.2) is 49.7 Å². The third-order valence-corrected chi connectivity index (χ3v) is 6.21. The Kier molecular flexibility index (Phi) is 9.63. The number of amides is 1. The Hall–Kier alpha value is -1.59. The number of carbonyl (C=O) groups excluding carboxylic acids is 1. The number of hydrogen-bond donors (Lipinski definition) is 0. The van der Waals surface area contributed by atoms with Gasteiger partial charge < -0.3 is 14.5 Å². The van der Waals surface area contributed by atoms with E-state index in [2.05, 4.69) is 17.0 Å². The van der Waals surface area contributed by atoms with Gasteiger partial charge in [-0.05, 0) is 30.5 Å². The first-order valence-electron chi connectivity index (χ1n) is 10.4. The number of carbonyl (C=O) groups is 1. The molecule has 1 aliphatic heterocycles. The topological polar surface area (TPSA) is 32.8 Å². The normalized spacial score (nSPS) is 17.0. The molecule has 1 amide bonds. The standard InChI is InChI=1S/C24H31ClN2O2.ClH/c1-3-23(28)27(21-12-8-5-9-13-21)24(19-29-2)14-16-26(17-15-24)18-22(25)20-10-6-4-7-11-20;/h4-13,22H,3,14-19H2,1-2H3;1H. The SMILES string of the molecule is CCC(=O)N(c1ccccc1)C1(COC)CCN(CC(Cl)c2ccccc2)CC1.Cl. The maximum absolute atomic E-state index is 13.0. The van der Waals surface area contributed by atoms with Crippen LogP contribution in [0, 0.1) is 0 Å². The quantitative estimate of drug-likeness (QED) is 0.510. The highest BCUT2D eigenvalue weighted by Crippen LogP contribution is 2.35. The van der Waals surface area contributed by atoms with Crippen molar-refractivity contribution in [2.75, 3.05) is 38.3 Å². The van der Waals surface area contributed by atoms with E-state index in [0.29, 0.717) is 13.0 Å². The smallest absolute Gasteiger partial charge is 0.227 e. The average Bonchev–Trinajstić information content (AvgIpc) is 2.77. The minimum Gasteiger partial charge on any atom is -0.382 e. The summed E-state index contributed by atoms with van der Waals surface area (Å²) in [7, 11) is 1.72. The molecule has 4 nitrogen and oxygen atoms in total. The first-order valence-corrected chi connectivity index (χ1v) is 10.8. The van der Waals surface area contributed by atoms with Gasteiger partial charge >= 0.3 is 0 Å². The highest BCUT2D eigenvalue weighted by Gasteiger charge is 2.43. The van der Waals surface area contributed by atoms with E-state index in [-0.39, 0.29) is 29.2 Å². The van der Waals surface area contributed by atoms with Crippen LogP contribution in [0.5, 0.6) is 0 Å². The van der Waals surface area contributed by atoms with Crippen LogP contribution >= 0.6 is 24.0 Å². The Morgan fingerprint density at radius 3 is 2.20 bits per heavy atom. The van der Waals surface area contributed by atoms with E-state index in [4.69, 9.17) is 16.3 Å². The number of nitrogens with zero attached hydrogens (tertiary/aromatic N) is 2. The zero-order chi connectivity index (χ0) is 20.7. The summed E-state index contributed by atoms with van der Waals surface area (Å²) in [5.74, 6) is 0.140. The molecule has 0 N–H and O–H groups in total. The van der Waals surface area contributed by atoms with Crippen LogP contribution in [0.15, 0.2) is 60.7 Å². The number of anilines is 1. The molecule has 164 valence electrons. The van der Waals surface area contributed by atoms with Gasteiger partial charge in [-0.3, -0.25) is 4.79 Å². The maximum Gasteiger partial charge on any atom is 0.227 e. The van der Waals surface area contributed by atoms with E-state index >= 15 is 0 Å². The van der Waals surface area contributed by atoms with Gasteiger partial charge in [0, 0.05) is 38.9 Å². The zero-order valence-electron chi connectivity index (χ0n) is 17.8. The molecule has 0 spiro atoms. The molecule has 1 aliphatic rings. The monoisotopic (exact) mass is 450 g/mol. The lowest BCUT2D eigenvalue weighted by molar-refractivity contribution is -0.120. The fraction of sp³-hybridized carbons (Fsp3) is 0.458. The molecule has 0 saturated carbocycles. The summed E-state index contributed by atoms with van der Waals surface area (Å²) >= 11 is 6.67. The number of hydrogen-bond acceptors (Lipinski definition) is 3. The molecule has 1 fully saturated rings. The molecule has 0 aromatic heterocycles. The van der Waals surface area contributed by atoms with Crippen molar-refractivity contribution in [3.05, 3.63) is 66.2 Å². The molecule has 2 aromatic carbocycles. The molecular weight excluding hydrogens is 419 g/mol. The van der Waals surface area contributed by atoms with E-state index in [0.717, 1.165) is 43.7 Å². The molecule has 0 radical (unpaired) electrons. The highest BCUT2D eigenvalue weighted by atomic mass is 35.5. The van der Waals surface area contributed by atoms with Crippen molar-refractivity contribution >= 4 is 35.6 Å². The van der Waals surface area contributed by atoms with E-state index in [1.165, 1.54) is 0 Å². The Balaban J connectivity index is 0.00000320. The second-order valence-corrected chi connectivity index (χ2v) is 8.28. The number of halogens is 2. The molecule has 1 atom stereocenters. The van der Waals surface area contributed by atoms with E-state index in [1.807, 2.05) is 60.4 Å². The number of para-hydroxylation sites is 1. The Bertz CT molecular complexity index is 765. The predicted octanol–water partition coefficient (Wildman–Crippen LogP) is 5.31. The van der Waals surface area contributed by atoms with Crippen LogP contribution in [0.4, 0.5) is 5.69 Å². The number of methoxy groups -OCH3 is 1. The summed E-state index contributed by atoms with van der Waals surface area (Å²) in [5.41, 5.74) is 1.77. The molecule has 3 rings (SSSR count). The largest absolute Gasteiger partial charge is 0.382 e. The van der Waals surface area contributed by atoms with Crippen LogP contribution in [0.2, 0.25) is 0 Å². The molecule has 2 aromatic rings. The van der Waals surface area contributed by atoms with Crippen LogP contribution < -0.4 is 4.90 Å². The highest BCUT2D eigenvalue weighted by molar-refractivity contribution is 6.21. The van der Waals surface area contributed by atoms with E-state index < -0.39 is 0 Å². The predicted molar refractivity (Wildman–Crippen MR) is 127 cm³/mol. The minimum absolute atomic E-state index is 0. The van der Waals surface area contributed by atoms with Gasteiger partial charge in [0.15, 0.2) is 0 Å². The lowest BCUT2D eigenvalue weighted by Crippen LogP contribution is -2.60. The minimum atomic E-state index is -0.325. The van der Waals surface area contributed by atoms with Crippen molar-refractivity contribution in [3.8, 4) is 0 Å². The van der Waals surface area contributed by atoms with Gasteiger partial charge in [-0.1, -0.05) is 55.5 Å². The molecule has 0 aliphatic carbocycles. The number of rotatable bonds is 8. The summed E-state index contributed by atoms with van der Waals surface area (Å²) in [4.78, 5) is 17.4. The van der Waals surface area contributed by atoms with Gasteiger partial charge in [0.2, 0.25) is 5.91 Å². The van der Waals surface area contributed by atoms with Gasteiger partial charge in [-0.2, -0.15) is 0 Å². The maximum atomic E-state index is 13.0. The Labute approximate surface area is 191 Å². The summed E-state index contributed by atoms with van der Waals surface area (Å²) in [6.45, 7) is 5.04. The van der Waals surface area contributed by atoms with Gasteiger partial charge in [-0.25, -0.2) is 0 Å². The lowest BCUT2D eigenvalue weighted by Gasteiger charge is -2.48. The van der Waals surface area contributed by atoms with Crippen molar-refractivity contribution < 1.29 is 9.53 Å². The van der Waals surface area contributed by atoms with Crippen LogP contribution in [0.25, 0.3) is 0 Å². The van der Waals surface area contributed by atoms with Crippen LogP contribution in [-0.2, 0) is 9.53 Å². The molecule has 30 heavy (non-hydrogen) atoms. The third-order valence-electron chi connectivity index (χ3n) is 5.82. The van der Waals surface area contributed by atoms with Gasteiger partial charge in [-0.15, -0.1) is 24.0 Å². The Morgan fingerprint density at radius 1 is 1.10 bits per heavy atom. The molecule has 1 heterocycles. The third kappa shape index (κ3) is 5.76. The number of likely N-dealkylation sites (tertiary alicyclic amines) is 1. The molecule has 0 bridgehead atoms. The average molecular weight is 451 g/mol. The van der Waals surface area contributed by atoms with Crippen LogP contribution in [0.3, 0.4) is 0 Å². The summed E-state index contributed by atoms with van der Waals surface area (Å²) < 4.78 is 5.63. The van der Waals surface area contributed by atoms with Crippen LogP contribution in [0.1, 0.15) is 37.1 Å². The summed E-state index contributed by atoms with van der Waals surface area (Å²) in [6, 6.07) is 20.2. The Morgan fingerprint density at radius 2 is 1.67 bits per heavy atom. The second kappa shape index (κ2) is 11.7. The van der Waals surface area contributed by atoms with E-state index in [9.17, 15) is 4.79 Å². The first-order chi connectivity index (χ1) is 14.1. The second-order valence-electron chi connectivity index (χ2n) is 7.75. The van der Waals surface area contributed by atoms with Gasteiger partial charge in [0.25, 0.3) is 0 Å². The van der Waals surface area contributed by atoms with Gasteiger partial charge in [0.1, 0.15) is 0 Å². The molecular formula is C24H32Cl2N2O2. The fourth-order valence-corrected chi connectivity index (χ4v) is 4.61. The molecule has 1 saturated heterocycles. The number of benzene rings is 2. The first kappa shape index (κ1) is 24.7. The van der Waals surface area contributed by atoms with Crippen molar-refractivity contribution in [2.45, 2.75) is 37.1 Å². The number of ether oxygens (including phenoxy) is 1. The molecule has 6 heteroatoms. The zero-order valence-corrected chi connectivity index (χ0v) is 19.4. The number of alkyl halides is 1. The van der Waals surface area contributed by atoms with Crippen molar-refractivity contribution in [2.24, 2.45) is 0 Å². The lowest BCUT2D eigenvalue weighted by atomic mass is 9.85. The van der Waals surface area contributed by atoms with E-state index in [1.54, 1.807) is 7.11 Å².